The summed E-state index contributed by atoms with van der Waals surface area (Å²) >= 11 is 5.42. The van der Waals surface area contributed by atoms with E-state index in [-0.39, 0.29) is 10.7 Å². The second-order valence-corrected chi connectivity index (χ2v) is 5.56. The van der Waals surface area contributed by atoms with Crippen LogP contribution in [0.5, 0.6) is 0 Å². The van der Waals surface area contributed by atoms with Gasteiger partial charge >= 0.3 is 0 Å². The first kappa shape index (κ1) is 13.5. The largest absolute Gasteiger partial charge is 0.346 e. The van der Waals surface area contributed by atoms with Crippen molar-refractivity contribution in [3.63, 3.8) is 0 Å². The van der Waals surface area contributed by atoms with Crippen LogP contribution in [0.25, 0.3) is 0 Å². The van der Waals surface area contributed by atoms with Crippen molar-refractivity contribution >= 4 is 29.6 Å². The highest BCUT2D eigenvalue weighted by Gasteiger charge is 2.20. The van der Waals surface area contributed by atoms with Gasteiger partial charge in [0.1, 0.15) is 0 Å². The van der Waals surface area contributed by atoms with Crippen molar-refractivity contribution in [2.45, 2.75) is 24.2 Å². The normalized spacial score (nSPS) is 11.2. The molecule has 1 rings (SSSR count). The lowest BCUT2D eigenvalue weighted by Gasteiger charge is -2.25. The Morgan fingerprint density at radius 2 is 1.94 bits per heavy atom. The molecule has 0 fully saturated rings. The van der Waals surface area contributed by atoms with Crippen LogP contribution in [0.15, 0.2) is 29.2 Å². The molecule has 16 heavy (non-hydrogen) atoms. The summed E-state index contributed by atoms with van der Waals surface area (Å²) in [4.78, 5) is 12.0. The average Bonchev–Trinajstić information content (AvgIpc) is 2.27. The molecule has 0 unspecified atom stereocenters. The molecular formula is C12H17NOS2. The first-order chi connectivity index (χ1) is 7.45. The third kappa shape index (κ3) is 3.76. The van der Waals surface area contributed by atoms with E-state index >= 15 is 0 Å². The van der Waals surface area contributed by atoms with Gasteiger partial charge in [-0.3, -0.25) is 4.79 Å². The minimum Gasteiger partial charge on any atom is -0.346 e. The summed E-state index contributed by atoms with van der Waals surface area (Å²) in [6.07, 6.45) is 2.06. The van der Waals surface area contributed by atoms with Gasteiger partial charge in [0.2, 0.25) is 0 Å². The molecule has 0 aliphatic heterocycles. The fourth-order valence-electron chi connectivity index (χ4n) is 1.44. The maximum atomic E-state index is 10.8. The zero-order valence-electron chi connectivity index (χ0n) is 9.78. The number of carbonyl (C=O) groups excluding carboxylic acids is 1. The van der Waals surface area contributed by atoms with Crippen LogP contribution >= 0.6 is 24.4 Å². The summed E-state index contributed by atoms with van der Waals surface area (Å²) in [6, 6.07) is 8.42. The first-order valence-electron chi connectivity index (χ1n) is 5.07. The fraction of sp³-hybridized carbons (Fsp3) is 0.417. The van der Waals surface area contributed by atoms with E-state index in [1.807, 2.05) is 0 Å². The number of thioether (sulfide) groups is 1. The van der Waals surface area contributed by atoms with Gasteiger partial charge in [0.25, 0.3) is 5.24 Å². The van der Waals surface area contributed by atoms with Gasteiger partial charge in [-0.2, -0.15) is 0 Å². The predicted molar refractivity (Wildman–Crippen MR) is 73.6 cm³/mol. The fourth-order valence-corrected chi connectivity index (χ4v) is 1.93. The van der Waals surface area contributed by atoms with Gasteiger partial charge in [-0.1, -0.05) is 38.6 Å². The van der Waals surface area contributed by atoms with Gasteiger partial charge in [0.05, 0.1) is 0 Å². The molecule has 0 heterocycles. The van der Waals surface area contributed by atoms with Crippen molar-refractivity contribution in [1.29, 1.82) is 0 Å². The zero-order valence-corrected chi connectivity index (χ0v) is 11.5. The van der Waals surface area contributed by atoms with Crippen LogP contribution in [-0.4, -0.2) is 18.0 Å². The molecule has 1 aromatic rings. The van der Waals surface area contributed by atoms with Crippen LogP contribution < -0.4 is 5.32 Å². The van der Waals surface area contributed by atoms with Crippen LogP contribution in [-0.2, 0) is 5.41 Å². The lowest BCUT2D eigenvalue weighted by Crippen LogP contribution is -2.34. The molecule has 0 radical (unpaired) electrons. The predicted octanol–water partition coefficient (Wildman–Crippen LogP) is 3.33. The monoisotopic (exact) mass is 255 g/mol. The van der Waals surface area contributed by atoms with Crippen molar-refractivity contribution in [2.24, 2.45) is 0 Å². The Bertz CT molecular complexity index is 360. The number of thiol groups is 1. The standard InChI is InChI=1S/C12H17NOS2/c1-12(2,8-13-11(14)15)9-4-6-10(16-3)7-5-9/h4-7H,8H2,1-3H3,(H2,13,14,15). The second-order valence-electron chi connectivity index (χ2n) is 4.27. The second kappa shape index (κ2) is 5.64. The summed E-state index contributed by atoms with van der Waals surface area (Å²) in [6.45, 7) is 4.80. The molecule has 1 N–H and O–H groups in total. The number of carbonyl (C=O) groups is 1. The van der Waals surface area contributed by atoms with Crippen LogP contribution in [0.4, 0.5) is 4.79 Å². The smallest absolute Gasteiger partial charge is 0.276 e. The molecule has 0 spiro atoms. The van der Waals surface area contributed by atoms with Gasteiger partial charge in [-0.15, -0.1) is 11.8 Å². The van der Waals surface area contributed by atoms with E-state index in [4.69, 9.17) is 0 Å². The average molecular weight is 255 g/mol. The summed E-state index contributed by atoms with van der Waals surface area (Å²) in [5, 5.41) is 2.45. The molecule has 0 aliphatic rings. The molecule has 2 nitrogen and oxygen atoms in total. The molecule has 1 amide bonds. The lowest BCUT2D eigenvalue weighted by molar-refractivity contribution is 0.259. The van der Waals surface area contributed by atoms with E-state index < -0.39 is 0 Å². The van der Waals surface area contributed by atoms with E-state index in [0.717, 1.165) is 0 Å². The van der Waals surface area contributed by atoms with E-state index in [2.05, 4.69) is 62.3 Å². The number of hydrogen-bond donors (Lipinski definition) is 2. The van der Waals surface area contributed by atoms with Crippen LogP contribution in [0.3, 0.4) is 0 Å². The Kier molecular flexibility index (Phi) is 4.74. The van der Waals surface area contributed by atoms with E-state index in [9.17, 15) is 4.79 Å². The molecule has 0 atom stereocenters. The maximum absolute atomic E-state index is 10.8. The number of benzene rings is 1. The molecular weight excluding hydrogens is 238 g/mol. The molecule has 0 saturated carbocycles. The SMILES string of the molecule is CSc1ccc(C(C)(C)CNC(=O)S)cc1. The molecule has 0 bridgehead atoms. The molecule has 0 aromatic heterocycles. The molecule has 0 saturated heterocycles. The Hall–Kier alpha value is -0.610. The topological polar surface area (TPSA) is 29.1 Å². The number of nitrogens with one attached hydrogen (secondary N) is 1. The van der Waals surface area contributed by atoms with E-state index in [1.54, 1.807) is 11.8 Å². The minimum atomic E-state index is -0.284. The number of hydrogen-bond acceptors (Lipinski definition) is 2. The van der Waals surface area contributed by atoms with Crippen LogP contribution in [0, 0.1) is 0 Å². The number of amides is 1. The molecule has 0 aliphatic carbocycles. The molecule has 4 heteroatoms. The minimum absolute atomic E-state index is 0.0741. The Morgan fingerprint density at radius 1 is 1.38 bits per heavy atom. The highest BCUT2D eigenvalue weighted by Crippen LogP contribution is 2.24. The van der Waals surface area contributed by atoms with Gasteiger partial charge in [-0.25, -0.2) is 0 Å². The van der Waals surface area contributed by atoms with Crippen molar-refractivity contribution in [2.75, 3.05) is 12.8 Å². The zero-order chi connectivity index (χ0) is 12.2. The summed E-state index contributed by atoms with van der Waals surface area (Å²) in [5.74, 6) is 0. The summed E-state index contributed by atoms with van der Waals surface area (Å²) in [5.41, 5.74) is 1.14. The quantitative estimate of drug-likeness (QED) is 0.638. The van der Waals surface area contributed by atoms with Gasteiger partial charge in [0, 0.05) is 16.9 Å². The Balaban J connectivity index is 2.76. The van der Waals surface area contributed by atoms with Crippen molar-refractivity contribution < 1.29 is 4.79 Å². The first-order valence-corrected chi connectivity index (χ1v) is 6.74. The highest BCUT2D eigenvalue weighted by molar-refractivity contribution is 7.98. The van der Waals surface area contributed by atoms with Crippen molar-refractivity contribution in [3.8, 4) is 0 Å². The number of rotatable bonds is 4. The Morgan fingerprint density at radius 3 is 2.38 bits per heavy atom. The molecule has 88 valence electrons. The van der Waals surface area contributed by atoms with Crippen LogP contribution in [0.2, 0.25) is 0 Å². The summed E-state index contributed by atoms with van der Waals surface area (Å²) in [7, 11) is 0. The van der Waals surface area contributed by atoms with E-state index in [0.29, 0.717) is 6.54 Å². The maximum Gasteiger partial charge on any atom is 0.276 e. The molecule has 1 aromatic carbocycles. The Labute approximate surface area is 107 Å². The third-order valence-electron chi connectivity index (χ3n) is 2.55. The summed E-state index contributed by atoms with van der Waals surface area (Å²) < 4.78 is 0. The third-order valence-corrected chi connectivity index (χ3v) is 3.45. The van der Waals surface area contributed by atoms with Gasteiger partial charge in [0.15, 0.2) is 0 Å². The van der Waals surface area contributed by atoms with E-state index in [1.165, 1.54) is 10.5 Å². The highest BCUT2D eigenvalue weighted by atomic mass is 32.2. The van der Waals surface area contributed by atoms with Crippen molar-refractivity contribution in [3.05, 3.63) is 29.8 Å². The van der Waals surface area contributed by atoms with Crippen molar-refractivity contribution in [1.82, 2.24) is 5.32 Å². The lowest BCUT2D eigenvalue weighted by atomic mass is 9.85. The van der Waals surface area contributed by atoms with Gasteiger partial charge in [-0.05, 0) is 24.0 Å². The van der Waals surface area contributed by atoms with Gasteiger partial charge < -0.3 is 5.32 Å². The van der Waals surface area contributed by atoms with Crippen LogP contribution in [0.1, 0.15) is 19.4 Å².